The van der Waals surface area contributed by atoms with Crippen LogP contribution in [0.15, 0.2) is 9.59 Å². The number of H-pyrrole nitrogens is 1. The van der Waals surface area contributed by atoms with E-state index in [1.165, 1.54) is 11.7 Å². The number of hydrogen-bond donors (Lipinski definition) is 1. The van der Waals surface area contributed by atoms with E-state index in [9.17, 15) is 23.2 Å². The Kier molecular flexibility index (Phi) is 9.55. The molecule has 1 N–H and O–H groups in total. The highest BCUT2D eigenvalue weighted by molar-refractivity contribution is 5.77. The largest absolute Gasteiger partial charge is 0.383 e. The van der Waals surface area contributed by atoms with Crippen molar-refractivity contribution in [2.24, 2.45) is 5.92 Å². The van der Waals surface area contributed by atoms with Crippen LogP contribution in [0.2, 0.25) is 0 Å². The number of aromatic amines is 1. The SMILES string of the molecule is CCCCn1c(=O)[nH]c(=O)c2c1nc(CCC(=O)N(CCOC)CC(F)F)n2CC(C)C. The van der Waals surface area contributed by atoms with Gasteiger partial charge in [-0.05, 0) is 12.3 Å². The number of ether oxygens (including phenoxy) is 1. The summed E-state index contributed by atoms with van der Waals surface area (Å²) in [6.07, 6.45) is -0.923. The molecule has 0 radical (unpaired) electrons. The number of aromatic nitrogens is 4. The molecule has 2 rings (SSSR count). The van der Waals surface area contributed by atoms with Crippen LogP contribution in [0.4, 0.5) is 8.78 Å². The average molecular weight is 458 g/mol. The second kappa shape index (κ2) is 11.9. The van der Waals surface area contributed by atoms with Crippen molar-refractivity contribution in [3.8, 4) is 0 Å². The number of aryl methyl sites for hydroxylation is 2. The highest BCUT2D eigenvalue weighted by atomic mass is 19.3. The molecule has 2 heterocycles. The van der Waals surface area contributed by atoms with Gasteiger partial charge in [-0.3, -0.25) is 19.1 Å². The zero-order valence-corrected chi connectivity index (χ0v) is 19.2. The monoisotopic (exact) mass is 457 g/mol. The molecule has 2 aromatic heterocycles. The van der Waals surface area contributed by atoms with Crippen LogP contribution < -0.4 is 11.2 Å². The van der Waals surface area contributed by atoms with Gasteiger partial charge in [0.1, 0.15) is 5.82 Å². The molecule has 0 bridgehead atoms. The van der Waals surface area contributed by atoms with Crippen LogP contribution in [0.1, 0.15) is 45.9 Å². The van der Waals surface area contributed by atoms with Gasteiger partial charge in [0.2, 0.25) is 5.91 Å². The molecule has 0 atom stereocenters. The minimum Gasteiger partial charge on any atom is -0.383 e. The first-order valence-electron chi connectivity index (χ1n) is 11.0. The number of halogens is 2. The summed E-state index contributed by atoms with van der Waals surface area (Å²) in [5.74, 6) is 0.212. The topological polar surface area (TPSA) is 102 Å². The van der Waals surface area contributed by atoms with Crippen LogP contribution in [-0.2, 0) is 29.0 Å². The number of amides is 1. The third-order valence-corrected chi connectivity index (χ3v) is 5.09. The Morgan fingerprint density at radius 1 is 1.25 bits per heavy atom. The smallest absolute Gasteiger partial charge is 0.330 e. The number of rotatable bonds is 13. The van der Waals surface area contributed by atoms with Crippen molar-refractivity contribution in [2.75, 3.05) is 26.8 Å². The molecule has 0 aliphatic carbocycles. The third-order valence-electron chi connectivity index (χ3n) is 5.09. The van der Waals surface area contributed by atoms with E-state index in [1.54, 1.807) is 4.57 Å². The van der Waals surface area contributed by atoms with E-state index >= 15 is 0 Å². The predicted molar refractivity (Wildman–Crippen MR) is 117 cm³/mol. The summed E-state index contributed by atoms with van der Waals surface area (Å²) < 4.78 is 33.9. The molecule has 1 amide bonds. The molecule has 0 aliphatic rings. The van der Waals surface area contributed by atoms with E-state index in [-0.39, 0.29) is 31.9 Å². The van der Waals surface area contributed by atoms with Gasteiger partial charge in [0.25, 0.3) is 12.0 Å². The minimum atomic E-state index is -2.65. The lowest BCUT2D eigenvalue weighted by atomic mass is 10.2. The first kappa shape index (κ1) is 25.7. The maximum atomic E-state index is 12.9. The van der Waals surface area contributed by atoms with Gasteiger partial charge in [0.05, 0.1) is 13.2 Å². The quantitative estimate of drug-likeness (QED) is 0.496. The molecule has 2 aromatic rings. The zero-order valence-electron chi connectivity index (χ0n) is 19.2. The number of hydrogen-bond acceptors (Lipinski definition) is 5. The van der Waals surface area contributed by atoms with Crippen molar-refractivity contribution in [1.29, 1.82) is 0 Å². The molecule has 0 fully saturated rings. The van der Waals surface area contributed by atoms with E-state index < -0.39 is 30.1 Å². The summed E-state index contributed by atoms with van der Waals surface area (Å²) in [5, 5.41) is 0. The molecule has 0 spiro atoms. The second-order valence-corrected chi connectivity index (χ2v) is 8.19. The predicted octanol–water partition coefficient (Wildman–Crippen LogP) is 2.02. The van der Waals surface area contributed by atoms with E-state index in [2.05, 4.69) is 9.97 Å². The Labute approximate surface area is 185 Å². The van der Waals surface area contributed by atoms with E-state index in [4.69, 9.17) is 4.74 Å². The lowest BCUT2D eigenvalue weighted by Gasteiger charge is -2.22. The molecule has 0 aliphatic heterocycles. The lowest BCUT2D eigenvalue weighted by molar-refractivity contribution is -0.133. The molecule has 0 saturated heterocycles. The summed E-state index contributed by atoms with van der Waals surface area (Å²) in [5.41, 5.74) is -0.460. The zero-order chi connectivity index (χ0) is 23.8. The fraction of sp³-hybridized carbons (Fsp3) is 0.714. The van der Waals surface area contributed by atoms with Crippen molar-refractivity contribution in [3.05, 3.63) is 26.7 Å². The third kappa shape index (κ3) is 6.47. The molecule has 0 unspecified atom stereocenters. The van der Waals surface area contributed by atoms with E-state index in [1.807, 2.05) is 20.8 Å². The standard InChI is InChI=1S/C21H33F2N5O4/c1-5-6-9-27-19-18(20(30)25-21(27)31)28(12-14(2)3)16(24-19)7-8-17(29)26(10-11-32-4)13-15(22)23/h14-15H,5-13H2,1-4H3,(H,25,30,31). The van der Waals surface area contributed by atoms with Crippen molar-refractivity contribution >= 4 is 17.1 Å². The molecule has 0 saturated carbocycles. The Morgan fingerprint density at radius 2 is 1.97 bits per heavy atom. The molecule has 180 valence electrons. The second-order valence-electron chi connectivity index (χ2n) is 8.19. The average Bonchev–Trinajstić information content (AvgIpc) is 3.06. The molecule has 9 nitrogen and oxygen atoms in total. The molecule has 32 heavy (non-hydrogen) atoms. The summed E-state index contributed by atoms with van der Waals surface area (Å²) in [7, 11) is 1.44. The van der Waals surface area contributed by atoms with Crippen LogP contribution in [0.25, 0.3) is 11.2 Å². The molecule has 0 aromatic carbocycles. The lowest BCUT2D eigenvalue weighted by Crippen LogP contribution is -2.37. The van der Waals surface area contributed by atoms with Crippen molar-refractivity contribution in [2.45, 2.75) is 66.0 Å². The Hall–Kier alpha value is -2.56. The fourth-order valence-corrected chi connectivity index (χ4v) is 3.56. The maximum Gasteiger partial charge on any atom is 0.330 e. The van der Waals surface area contributed by atoms with Gasteiger partial charge in [-0.1, -0.05) is 27.2 Å². The number of fused-ring (bicyclic) bond motifs is 1. The molecule has 11 heteroatoms. The summed E-state index contributed by atoms with van der Waals surface area (Å²) in [6.45, 7) is 6.41. The van der Waals surface area contributed by atoms with Crippen LogP contribution in [-0.4, -0.2) is 63.1 Å². The number of nitrogens with zero attached hydrogens (tertiary/aromatic N) is 4. The van der Waals surface area contributed by atoms with Gasteiger partial charge in [0.15, 0.2) is 11.2 Å². The van der Waals surface area contributed by atoms with Gasteiger partial charge in [-0.2, -0.15) is 0 Å². The van der Waals surface area contributed by atoms with Crippen molar-refractivity contribution in [1.82, 2.24) is 24.0 Å². The summed E-state index contributed by atoms with van der Waals surface area (Å²) >= 11 is 0. The Morgan fingerprint density at radius 3 is 2.56 bits per heavy atom. The highest BCUT2D eigenvalue weighted by Crippen LogP contribution is 2.16. The number of imidazole rings is 1. The molecular weight excluding hydrogens is 424 g/mol. The molecular formula is C21H33F2N5O4. The summed E-state index contributed by atoms with van der Waals surface area (Å²) in [6, 6.07) is 0. The Balaban J connectivity index is 2.41. The van der Waals surface area contributed by atoms with E-state index in [0.29, 0.717) is 30.1 Å². The van der Waals surface area contributed by atoms with Crippen LogP contribution in [0.5, 0.6) is 0 Å². The number of carbonyl (C=O) groups is 1. The summed E-state index contributed by atoms with van der Waals surface area (Å²) in [4.78, 5) is 45.6. The number of alkyl halides is 2. The Bertz CT molecular complexity index is 1010. The van der Waals surface area contributed by atoms with Crippen molar-refractivity contribution < 1.29 is 18.3 Å². The van der Waals surface area contributed by atoms with Gasteiger partial charge in [-0.15, -0.1) is 0 Å². The van der Waals surface area contributed by atoms with E-state index in [0.717, 1.165) is 17.7 Å². The van der Waals surface area contributed by atoms with Crippen molar-refractivity contribution in [3.63, 3.8) is 0 Å². The highest BCUT2D eigenvalue weighted by Gasteiger charge is 2.22. The minimum absolute atomic E-state index is 0.0467. The van der Waals surface area contributed by atoms with Gasteiger partial charge >= 0.3 is 5.69 Å². The number of methoxy groups -OCH3 is 1. The number of carbonyl (C=O) groups excluding carboxylic acids is 1. The maximum absolute atomic E-state index is 12.9. The normalized spacial score (nSPS) is 11.8. The first-order chi connectivity index (χ1) is 15.2. The van der Waals surface area contributed by atoms with Gasteiger partial charge in [-0.25, -0.2) is 18.6 Å². The fourth-order valence-electron chi connectivity index (χ4n) is 3.56. The van der Waals surface area contributed by atoms with Gasteiger partial charge in [0, 0.05) is 39.6 Å². The first-order valence-corrected chi connectivity index (χ1v) is 11.0. The van der Waals surface area contributed by atoms with Crippen LogP contribution in [0, 0.1) is 5.92 Å². The number of unbranched alkanes of at least 4 members (excludes halogenated alkanes) is 1. The van der Waals surface area contributed by atoms with Crippen LogP contribution in [0.3, 0.4) is 0 Å². The van der Waals surface area contributed by atoms with Gasteiger partial charge < -0.3 is 14.2 Å². The number of nitrogens with one attached hydrogen (secondary N) is 1. The van der Waals surface area contributed by atoms with Crippen LogP contribution >= 0.6 is 0 Å².